The van der Waals surface area contributed by atoms with E-state index in [4.69, 9.17) is 4.74 Å². The van der Waals surface area contributed by atoms with E-state index in [0.29, 0.717) is 33.2 Å². The minimum atomic E-state index is -1.10. The van der Waals surface area contributed by atoms with Crippen molar-refractivity contribution in [2.75, 3.05) is 0 Å². The lowest BCUT2D eigenvalue weighted by Crippen LogP contribution is -2.22. The number of aromatic carboxylic acids is 1. The van der Waals surface area contributed by atoms with Crippen LogP contribution in [-0.2, 0) is 13.0 Å². The van der Waals surface area contributed by atoms with Crippen LogP contribution in [0.5, 0.6) is 5.75 Å². The van der Waals surface area contributed by atoms with Gasteiger partial charge in [0, 0.05) is 27.0 Å². The molecule has 0 unspecified atom stereocenters. The Hall–Kier alpha value is -3.90. The Morgan fingerprint density at radius 1 is 1.18 bits per heavy atom. The molecule has 10 nitrogen and oxygen atoms in total. The molecule has 4 aromatic rings. The van der Waals surface area contributed by atoms with E-state index in [-0.39, 0.29) is 34.7 Å². The van der Waals surface area contributed by atoms with Gasteiger partial charge < -0.3 is 9.84 Å². The monoisotopic (exact) mass is 656 g/mol. The molecule has 1 N–H and O–H groups in total. The van der Waals surface area contributed by atoms with Crippen LogP contribution in [0.15, 0.2) is 73.4 Å². The average molecular weight is 658 g/mol. The number of nitrogens with zero attached hydrogens (tertiary/aromatic N) is 4. The van der Waals surface area contributed by atoms with Gasteiger partial charge in [0.2, 0.25) is 5.75 Å². The molecule has 0 spiro atoms. The number of carbonyl (C=O) groups is 1. The van der Waals surface area contributed by atoms with E-state index in [2.05, 4.69) is 41.9 Å². The Morgan fingerprint density at radius 3 is 2.69 bits per heavy atom. The number of benzene rings is 3. The Bertz CT molecular complexity index is 1670. The van der Waals surface area contributed by atoms with E-state index in [0.717, 1.165) is 17.3 Å². The molecule has 0 aliphatic carbocycles. The Balaban J connectivity index is 1.79. The topological polar surface area (TPSA) is 137 Å². The van der Waals surface area contributed by atoms with E-state index in [1.54, 1.807) is 30.3 Å². The third-order valence-electron chi connectivity index (χ3n) is 5.76. The zero-order chi connectivity index (χ0) is 28.1. The van der Waals surface area contributed by atoms with Crippen LogP contribution in [0.2, 0.25) is 0 Å². The predicted molar refractivity (Wildman–Crippen MR) is 154 cm³/mol. The van der Waals surface area contributed by atoms with Gasteiger partial charge in [-0.3, -0.25) is 14.9 Å². The lowest BCUT2D eigenvalue weighted by atomic mass is 10.1. The lowest BCUT2D eigenvalue weighted by Gasteiger charge is -2.12. The van der Waals surface area contributed by atoms with Gasteiger partial charge in [-0.2, -0.15) is 9.78 Å². The summed E-state index contributed by atoms with van der Waals surface area (Å²) in [6, 6.07) is 14.2. The van der Waals surface area contributed by atoms with Crippen LogP contribution < -0.4 is 10.3 Å². The first-order valence-corrected chi connectivity index (χ1v) is 13.4. The summed E-state index contributed by atoms with van der Waals surface area (Å²) in [4.78, 5) is 40.6. The minimum Gasteiger partial charge on any atom is -0.481 e. The fraction of sp³-hybridized carbons (Fsp3) is 0.185. The Labute approximate surface area is 239 Å². The van der Waals surface area contributed by atoms with E-state index in [9.17, 15) is 24.8 Å². The number of hydrogen-bond acceptors (Lipinski definition) is 7. The number of hydrogen-bond donors (Lipinski definition) is 1. The molecule has 0 atom stereocenters. The molecule has 4 rings (SSSR count). The number of nitro benzene ring substituents is 1. The van der Waals surface area contributed by atoms with Gasteiger partial charge in [0.25, 0.3) is 5.56 Å². The molecule has 1 heterocycles. The molecule has 1 aromatic heterocycles. The number of carboxylic acid groups (broad SMARTS) is 1. The maximum absolute atomic E-state index is 13.4. The van der Waals surface area contributed by atoms with Crippen LogP contribution in [-0.4, -0.2) is 31.9 Å². The summed E-state index contributed by atoms with van der Waals surface area (Å²) in [6.45, 7) is 1.90. The molecule has 0 amide bonds. The Kier molecular flexibility index (Phi) is 8.87. The van der Waals surface area contributed by atoms with Crippen LogP contribution in [0.3, 0.4) is 0 Å². The van der Waals surface area contributed by atoms with Crippen LogP contribution in [0.4, 0.5) is 5.69 Å². The van der Waals surface area contributed by atoms with Gasteiger partial charge in [-0.15, -0.1) is 0 Å². The number of carboxylic acids is 1. The van der Waals surface area contributed by atoms with Crippen LogP contribution in [0.1, 0.15) is 47.1 Å². The van der Waals surface area contributed by atoms with Gasteiger partial charge in [0.1, 0.15) is 12.4 Å². The molecule has 0 aliphatic rings. The second kappa shape index (κ2) is 12.3. The number of fused-ring (bicyclic) bond motifs is 1. The van der Waals surface area contributed by atoms with Crippen molar-refractivity contribution in [3.05, 3.63) is 107 Å². The highest BCUT2D eigenvalue weighted by atomic mass is 79.9. The highest BCUT2D eigenvalue weighted by Gasteiger charge is 2.21. The lowest BCUT2D eigenvalue weighted by molar-refractivity contribution is -0.386. The summed E-state index contributed by atoms with van der Waals surface area (Å²) in [5, 5.41) is 25.9. The summed E-state index contributed by atoms with van der Waals surface area (Å²) >= 11 is 6.68. The second-order valence-corrected chi connectivity index (χ2v) is 10.4. The first-order chi connectivity index (χ1) is 18.7. The third-order valence-corrected chi connectivity index (χ3v) is 6.71. The standard InChI is InChI=1S/C27H22Br2N4O6/c1-2-3-7-24-31-22-9-8-19(28)12-21(22)26(34)32(24)30-14-18-11-20(29)13-23(33(37)38)25(18)39-15-16-5-4-6-17(10-16)27(35)36/h4-6,8-14H,2-3,7,15H2,1H3,(H,35,36). The highest BCUT2D eigenvalue weighted by molar-refractivity contribution is 9.10. The number of aryl methyl sites for hydroxylation is 1. The number of rotatable bonds is 10. The molecule has 0 saturated heterocycles. The quantitative estimate of drug-likeness (QED) is 0.119. The third kappa shape index (κ3) is 6.58. The summed E-state index contributed by atoms with van der Waals surface area (Å²) in [5.74, 6) is -0.711. The number of halogens is 2. The van der Waals surface area contributed by atoms with Gasteiger partial charge in [0.05, 0.1) is 27.6 Å². The molecule has 0 radical (unpaired) electrons. The van der Waals surface area contributed by atoms with Crippen molar-refractivity contribution in [3.8, 4) is 5.75 Å². The summed E-state index contributed by atoms with van der Waals surface area (Å²) in [7, 11) is 0. The van der Waals surface area contributed by atoms with Crippen molar-refractivity contribution in [2.24, 2.45) is 5.10 Å². The van der Waals surface area contributed by atoms with Crippen molar-refractivity contribution in [1.82, 2.24) is 9.66 Å². The summed E-state index contributed by atoms with van der Waals surface area (Å²) in [5.41, 5.74) is 0.676. The molecule has 200 valence electrons. The minimum absolute atomic E-state index is 0.0672. The molecule has 3 aromatic carbocycles. The number of unbranched alkanes of at least 4 members (excludes halogenated alkanes) is 1. The fourth-order valence-corrected chi connectivity index (χ4v) is 4.69. The van der Waals surface area contributed by atoms with E-state index >= 15 is 0 Å². The second-order valence-electron chi connectivity index (χ2n) is 8.55. The SMILES string of the molecule is CCCCc1nc2ccc(Br)cc2c(=O)n1N=Cc1cc(Br)cc([N+](=O)[O-])c1OCc1cccc(C(=O)O)c1. The maximum atomic E-state index is 13.4. The van der Waals surface area contributed by atoms with E-state index in [1.165, 1.54) is 29.1 Å². The fourth-order valence-electron chi connectivity index (χ4n) is 3.87. The van der Waals surface area contributed by atoms with Crippen molar-refractivity contribution in [2.45, 2.75) is 32.8 Å². The van der Waals surface area contributed by atoms with Crippen LogP contribution >= 0.6 is 31.9 Å². The summed E-state index contributed by atoms with van der Waals surface area (Å²) in [6.07, 6.45) is 3.51. The molecule has 0 saturated carbocycles. The van der Waals surface area contributed by atoms with Crippen molar-refractivity contribution < 1.29 is 19.6 Å². The van der Waals surface area contributed by atoms with Gasteiger partial charge in [-0.05, 0) is 48.4 Å². The van der Waals surface area contributed by atoms with Gasteiger partial charge in [-0.1, -0.05) is 57.3 Å². The number of nitro groups is 1. The first-order valence-electron chi connectivity index (χ1n) is 11.9. The Morgan fingerprint density at radius 2 is 1.97 bits per heavy atom. The van der Waals surface area contributed by atoms with Gasteiger partial charge in [-0.25, -0.2) is 9.78 Å². The van der Waals surface area contributed by atoms with Gasteiger partial charge >= 0.3 is 11.7 Å². The van der Waals surface area contributed by atoms with E-state index < -0.39 is 10.9 Å². The van der Waals surface area contributed by atoms with E-state index in [1.807, 2.05) is 13.0 Å². The molecular formula is C27H22Br2N4O6. The molecule has 12 heteroatoms. The summed E-state index contributed by atoms with van der Waals surface area (Å²) < 4.78 is 8.19. The normalized spacial score (nSPS) is 11.3. The average Bonchev–Trinajstić information content (AvgIpc) is 2.91. The maximum Gasteiger partial charge on any atom is 0.335 e. The first kappa shape index (κ1) is 28.1. The molecule has 39 heavy (non-hydrogen) atoms. The molecule has 0 bridgehead atoms. The van der Waals surface area contributed by atoms with Crippen molar-refractivity contribution >= 4 is 60.6 Å². The van der Waals surface area contributed by atoms with Crippen molar-refractivity contribution in [3.63, 3.8) is 0 Å². The van der Waals surface area contributed by atoms with Crippen LogP contribution in [0.25, 0.3) is 10.9 Å². The molecule has 0 fully saturated rings. The molecule has 0 aliphatic heterocycles. The largest absolute Gasteiger partial charge is 0.481 e. The van der Waals surface area contributed by atoms with Crippen molar-refractivity contribution in [1.29, 1.82) is 0 Å². The van der Waals surface area contributed by atoms with Crippen LogP contribution in [0, 0.1) is 10.1 Å². The number of ether oxygens (including phenoxy) is 1. The highest BCUT2D eigenvalue weighted by Crippen LogP contribution is 2.34. The molecular weight excluding hydrogens is 636 g/mol. The zero-order valence-corrected chi connectivity index (χ0v) is 23.8. The van der Waals surface area contributed by atoms with Gasteiger partial charge in [0.15, 0.2) is 0 Å². The number of aromatic nitrogens is 2. The smallest absolute Gasteiger partial charge is 0.335 e. The predicted octanol–water partition coefficient (Wildman–Crippen LogP) is 6.33. The zero-order valence-electron chi connectivity index (χ0n) is 20.6.